The normalized spacial score (nSPS) is 21.8. The Balaban J connectivity index is 2.04. The number of rotatable bonds is 0. The molecule has 0 saturated heterocycles. The summed E-state index contributed by atoms with van der Waals surface area (Å²) in [6, 6.07) is 6.30. The average molecular weight is 253 g/mol. The van der Waals surface area contributed by atoms with Crippen molar-refractivity contribution in [3.05, 3.63) is 22.7 Å². The van der Waals surface area contributed by atoms with Crippen LogP contribution >= 0.6 is 15.9 Å². The van der Waals surface area contributed by atoms with Gasteiger partial charge in [0, 0.05) is 16.6 Å². The molecule has 0 unspecified atom stereocenters. The van der Waals surface area contributed by atoms with Crippen LogP contribution in [0.3, 0.4) is 0 Å². The van der Waals surface area contributed by atoms with Crippen LogP contribution in [0.4, 0.5) is 11.4 Å². The van der Waals surface area contributed by atoms with Gasteiger partial charge in [-0.1, -0.05) is 6.07 Å². The number of para-hydroxylation sites is 1. The molecule has 2 aliphatic rings. The summed E-state index contributed by atoms with van der Waals surface area (Å²) < 4.78 is 1.16. The molecule has 1 heterocycles. The van der Waals surface area contributed by atoms with Crippen molar-refractivity contribution in [3.8, 4) is 0 Å². The number of halogens is 1. The molecule has 1 aliphatic carbocycles. The first-order valence-electron chi connectivity index (χ1n) is 5.10. The van der Waals surface area contributed by atoms with Crippen LogP contribution in [-0.2, 0) is 0 Å². The Kier molecular flexibility index (Phi) is 1.78. The lowest BCUT2D eigenvalue weighted by molar-refractivity contribution is 0.687. The lowest BCUT2D eigenvalue weighted by Crippen LogP contribution is -2.21. The Hall–Kier alpha value is -0.700. The van der Waals surface area contributed by atoms with Gasteiger partial charge in [-0.3, -0.25) is 0 Å². The minimum atomic E-state index is 0.405. The quantitative estimate of drug-likeness (QED) is 0.741. The Morgan fingerprint density at radius 3 is 2.86 bits per heavy atom. The molecule has 1 aromatic carbocycles. The molecular weight excluding hydrogens is 240 g/mol. The van der Waals surface area contributed by atoms with Gasteiger partial charge in [0.1, 0.15) is 0 Å². The topological polar surface area (TPSA) is 24.1 Å². The first-order chi connectivity index (χ1) is 6.79. The molecule has 3 heteroatoms. The lowest BCUT2D eigenvalue weighted by atomic mass is 10.2. The number of hydrogen-bond donors (Lipinski definition) is 2. The van der Waals surface area contributed by atoms with Crippen LogP contribution in [-0.4, -0.2) is 12.1 Å². The van der Waals surface area contributed by atoms with E-state index in [2.05, 4.69) is 44.8 Å². The Morgan fingerprint density at radius 2 is 2.07 bits per heavy atom. The van der Waals surface area contributed by atoms with Crippen LogP contribution in [0, 0.1) is 0 Å². The highest BCUT2D eigenvalue weighted by atomic mass is 79.9. The minimum absolute atomic E-state index is 0.405. The molecule has 1 spiro atoms. The second-order valence-electron chi connectivity index (χ2n) is 4.24. The fourth-order valence-electron chi connectivity index (χ4n) is 2.09. The van der Waals surface area contributed by atoms with E-state index in [0.29, 0.717) is 5.54 Å². The van der Waals surface area contributed by atoms with E-state index < -0.39 is 0 Å². The number of hydrogen-bond acceptors (Lipinski definition) is 2. The number of benzene rings is 1. The van der Waals surface area contributed by atoms with Gasteiger partial charge < -0.3 is 10.6 Å². The van der Waals surface area contributed by atoms with Crippen molar-refractivity contribution < 1.29 is 0 Å². The summed E-state index contributed by atoms with van der Waals surface area (Å²) in [6.07, 6.45) is 3.86. The predicted molar refractivity (Wildman–Crippen MR) is 62.8 cm³/mol. The van der Waals surface area contributed by atoms with Crippen molar-refractivity contribution in [2.75, 3.05) is 17.2 Å². The second kappa shape index (κ2) is 2.89. The monoisotopic (exact) mass is 252 g/mol. The molecule has 1 saturated carbocycles. The molecule has 14 heavy (non-hydrogen) atoms. The van der Waals surface area contributed by atoms with Crippen LogP contribution < -0.4 is 10.6 Å². The van der Waals surface area contributed by atoms with Gasteiger partial charge in [-0.15, -0.1) is 0 Å². The maximum Gasteiger partial charge on any atom is 0.0724 e. The summed E-state index contributed by atoms with van der Waals surface area (Å²) in [4.78, 5) is 0. The molecule has 0 atom stereocenters. The predicted octanol–water partition coefficient (Wildman–Crippen LogP) is 3.21. The van der Waals surface area contributed by atoms with Crippen LogP contribution in [0.25, 0.3) is 0 Å². The summed E-state index contributed by atoms with van der Waals surface area (Å²) >= 11 is 3.59. The van der Waals surface area contributed by atoms with Crippen LogP contribution in [0.15, 0.2) is 22.7 Å². The molecule has 0 aromatic heterocycles. The SMILES string of the molecule is Brc1cccc2c1NC1(CCN2)CC1. The van der Waals surface area contributed by atoms with Crippen LogP contribution in [0.2, 0.25) is 0 Å². The number of nitrogens with one attached hydrogen (secondary N) is 2. The first kappa shape index (κ1) is 8.60. The van der Waals surface area contributed by atoms with Gasteiger partial charge in [0.15, 0.2) is 0 Å². The zero-order valence-corrected chi connectivity index (χ0v) is 9.52. The molecule has 0 radical (unpaired) electrons. The van der Waals surface area contributed by atoms with Crippen molar-refractivity contribution in [2.24, 2.45) is 0 Å². The van der Waals surface area contributed by atoms with Crippen molar-refractivity contribution >= 4 is 27.3 Å². The standard InChI is InChI=1S/C11H13BrN2/c12-8-2-1-3-9-10(8)14-11(4-5-11)6-7-13-9/h1-3,13-14H,4-7H2. The molecule has 74 valence electrons. The van der Waals surface area contributed by atoms with E-state index >= 15 is 0 Å². The minimum Gasteiger partial charge on any atom is -0.383 e. The fraction of sp³-hybridized carbons (Fsp3) is 0.455. The number of fused-ring (bicyclic) bond motifs is 1. The molecule has 0 bridgehead atoms. The first-order valence-corrected chi connectivity index (χ1v) is 5.89. The molecule has 1 fully saturated rings. The lowest BCUT2D eigenvalue weighted by Gasteiger charge is -2.16. The zero-order valence-electron chi connectivity index (χ0n) is 7.94. The highest BCUT2D eigenvalue weighted by Gasteiger charge is 2.43. The Labute approximate surface area is 92.2 Å². The van der Waals surface area contributed by atoms with Gasteiger partial charge in [-0.05, 0) is 47.3 Å². The van der Waals surface area contributed by atoms with Gasteiger partial charge in [-0.25, -0.2) is 0 Å². The van der Waals surface area contributed by atoms with Crippen LogP contribution in [0.1, 0.15) is 19.3 Å². The summed E-state index contributed by atoms with van der Waals surface area (Å²) in [6.45, 7) is 1.08. The summed E-state index contributed by atoms with van der Waals surface area (Å²) in [5, 5.41) is 7.14. The summed E-state index contributed by atoms with van der Waals surface area (Å²) in [5.74, 6) is 0. The molecular formula is C11H13BrN2. The summed E-state index contributed by atoms with van der Waals surface area (Å²) in [5.41, 5.74) is 2.87. The van der Waals surface area contributed by atoms with E-state index in [4.69, 9.17) is 0 Å². The molecule has 3 rings (SSSR count). The zero-order chi connectivity index (χ0) is 9.60. The van der Waals surface area contributed by atoms with Crippen molar-refractivity contribution in [1.29, 1.82) is 0 Å². The number of anilines is 2. The third kappa shape index (κ3) is 1.31. The van der Waals surface area contributed by atoms with Gasteiger partial charge >= 0.3 is 0 Å². The summed E-state index contributed by atoms with van der Waals surface area (Å²) in [7, 11) is 0. The molecule has 2 nitrogen and oxygen atoms in total. The maximum atomic E-state index is 3.67. The van der Waals surface area contributed by atoms with E-state index in [1.807, 2.05) is 0 Å². The van der Waals surface area contributed by atoms with Gasteiger partial charge in [0.05, 0.1) is 11.4 Å². The molecule has 2 N–H and O–H groups in total. The molecule has 0 amide bonds. The van der Waals surface area contributed by atoms with Crippen molar-refractivity contribution in [3.63, 3.8) is 0 Å². The Morgan fingerprint density at radius 1 is 1.21 bits per heavy atom. The largest absolute Gasteiger partial charge is 0.383 e. The third-order valence-electron chi connectivity index (χ3n) is 3.18. The highest BCUT2D eigenvalue weighted by molar-refractivity contribution is 9.10. The van der Waals surface area contributed by atoms with E-state index in [9.17, 15) is 0 Å². The van der Waals surface area contributed by atoms with Gasteiger partial charge in [-0.2, -0.15) is 0 Å². The van der Waals surface area contributed by atoms with E-state index in [-0.39, 0.29) is 0 Å². The van der Waals surface area contributed by atoms with E-state index in [1.54, 1.807) is 0 Å². The smallest absolute Gasteiger partial charge is 0.0724 e. The second-order valence-corrected chi connectivity index (χ2v) is 5.10. The van der Waals surface area contributed by atoms with Gasteiger partial charge in [0.2, 0.25) is 0 Å². The van der Waals surface area contributed by atoms with Crippen molar-refractivity contribution in [2.45, 2.75) is 24.8 Å². The fourth-order valence-corrected chi connectivity index (χ4v) is 2.55. The van der Waals surface area contributed by atoms with Crippen LogP contribution in [0.5, 0.6) is 0 Å². The van der Waals surface area contributed by atoms with E-state index in [1.165, 1.54) is 30.6 Å². The van der Waals surface area contributed by atoms with E-state index in [0.717, 1.165) is 11.0 Å². The van der Waals surface area contributed by atoms with Crippen molar-refractivity contribution in [1.82, 2.24) is 0 Å². The van der Waals surface area contributed by atoms with Gasteiger partial charge in [0.25, 0.3) is 0 Å². The average Bonchev–Trinajstić information content (AvgIpc) is 2.94. The maximum absolute atomic E-state index is 3.67. The Bertz CT molecular complexity index is 372. The molecule has 1 aliphatic heterocycles. The highest BCUT2D eigenvalue weighted by Crippen LogP contribution is 2.46. The molecule has 1 aromatic rings. The third-order valence-corrected chi connectivity index (χ3v) is 3.84.